The van der Waals surface area contributed by atoms with E-state index in [2.05, 4.69) is 16.7 Å². The van der Waals surface area contributed by atoms with Gasteiger partial charge in [-0.15, -0.1) is 17.9 Å². The molecule has 0 saturated carbocycles. The van der Waals surface area contributed by atoms with E-state index in [4.69, 9.17) is 18.6 Å². The lowest BCUT2D eigenvalue weighted by molar-refractivity contribution is -0.402. The van der Waals surface area contributed by atoms with Gasteiger partial charge in [-0.3, -0.25) is 15.1 Å². The molecule has 11 heteroatoms. The molecule has 162 valence electrons. The molecule has 0 bridgehead atoms. The molecule has 0 unspecified atom stereocenters. The highest BCUT2D eigenvalue weighted by Gasteiger charge is 2.17. The van der Waals surface area contributed by atoms with Crippen molar-refractivity contribution >= 4 is 23.4 Å². The van der Waals surface area contributed by atoms with Crippen LogP contribution in [0.15, 0.2) is 56.8 Å². The highest BCUT2D eigenvalue weighted by Crippen LogP contribution is 2.41. The first-order valence-corrected chi connectivity index (χ1v) is 9.81. The van der Waals surface area contributed by atoms with Crippen LogP contribution < -0.4 is 19.0 Å². The van der Waals surface area contributed by atoms with Gasteiger partial charge in [-0.1, -0.05) is 6.08 Å². The van der Waals surface area contributed by atoms with Crippen LogP contribution in [-0.4, -0.2) is 43.7 Å². The Labute approximate surface area is 181 Å². The van der Waals surface area contributed by atoms with E-state index in [1.807, 2.05) is 5.38 Å². The third-order valence-electron chi connectivity index (χ3n) is 4.09. The van der Waals surface area contributed by atoms with E-state index in [0.29, 0.717) is 34.3 Å². The minimum atomic E-state index is -0.610. The minimum Gasteiger partial charge on any atom is -0.493 e. The molecular weight excluding hydrogens is 424 g/mol. The van der Waals surface area contributed by atoms with E-state index in [0.717, 1.165) is 5.56 Å². The summed E-state index contributed by atoms with van der Waals surface area (Å²) in [5.74, 6) is 1.32. The number of hydrogen-bond donors (Lipinski definition) is 0. The Bertz CT molecular complexity index is 1170. The Morgan fingerprint density at radius 2 is 1.94 bits per heavy atom. The molecule has 2 heterocycles. The number of furan rings is 1. The average molecular weight is 444 g/mol. The number of methoxy groups -OCH3 is 3. The second-order valence-electron chi connectivity index (χ2n) is 5.94. The van der Waals surface area contributed by atoms with Gasteiger partial charge in [0.05, 0.1) is 45.8 Å². The fourth-order valence-electron chi connectivity index (χ4n) is 2.71. The van der Waals surface area contributed by atoms with Crippen molar-refractivity contribution in [1.29, 1.82) is 0 Å². The van der Waals surface area contributed by atoms with Gasteiger partial charge in [0.2, 0.25) is 10.6 Å². The van der Waals surface area contributed by atoms with Crippen LogP contribution in [0.25, 0.3) is 11.3 Å². The molecule has 31 heavy (non-hydrogen) atoms. The fourth-order valence-corrected chi connectivity index (χ4v) is 3.56. The van der Waals surface area contributed by atoms with Crippen molar-refractivity contribution in [2.75, 3.05) is 27.9 Å². The van der Waals surface area contributed by atoms with E-state index in [1.165, 1.54) is 51.0 Å². The van der Waals surface area contributed by atoms with Gasteiger partial charge in [-0.2, -0.15) is 5.10 Å². The first-order chi connectivity index (χ1) is 15.0. The summed E-state index contributed by atoms with van der Waals surface area (Å²) in [5, 5.41) is 17.2. The maximum Gasteiger partial charge on any atom is 0.433 e. The van der Waals surface area contributed by atoms with Crippen LogP contribution in [0.2, 0.25) is 0 Å². The second kappa shape index (κ2) is 9.76. The van der Waals surface area contributed by atoms with Crippen LogP contribution in [-0.2, 0) is 0 Å². The summed E-state index contributed by atoms with van der Waals surface area (Å²) in [4.78, 5) is 15.3. The second-order valence-corrected chi connectivity index (χ2v) is 6.77. The van der Waals surface area contributed by atoms with Crippen LogP contribution >= 0.6 is 11.3 Å². The van der Waals surface area contributed by atoms with Crippen molar-refractivity contribution in [3.63, 3.8) is 0 Å². The Hall–Kier alpha value is -3.86. The zero-order valence-corrected chi connectivity index (χ0v) is 17.9. The number of aromatic nitrogens is 1. The molecule has 0 aliphatic rings. The quantitative estimate of drug-likeness (QED) is 0.215. The van der Waals surface area contributed by atoms with Gasteiger partial charge in [0.25, 0.3) is 0 Å². The molecule has 0 saturated heterocycles. The fraction of sp³-hybridized carbons (Fsp3) is 0.200. The van der Waals surface area contributed by atoms with E-state index in [9.17, 15) is 10.1 Å². The number of benzene rings is 1. The number of thiazole rings is 1. The van der Waals surface area contributed by atoms with Gasteiger partial charge in [0.15, 0.2) is 17.3 Å². The summed E-state index contributed by atoms with van der Waals surface area (Å²) < 4.78 is 23.0. The molecule has 1 aromatic carbocycles. The molecule has 2 aromatic heterocycles. The van der Waals surface area contributed by atoms with Crippen molar-refractivity contribution in [2.24, 2.45) is 10.1 Å². The summed E-state index contributed by atoms with van der Waals surface area (Å²) in [6.45, 7) is 4.08. The highest BCUT2D eigenvalue weighted by molar-refractivity contribution is 7.07. The maximum atomic E-state index is 10.8. The Kier molecular flexibility index (Phi) is 6.88. The van der Waals surface area contributed by atoms with Crippen molar-refractivity contribution in [2.45, 2.75) is 0 Å². The summed E-state index contributed by atoms with van der Waals surface area (Å²) in [7, 11) is 4.61. The topological polar surface area (TPSA) is 114 Å². The SMILES string of the molecule is C=CCN=c1scc(-c2cc(OC)c(OC)c(OC)c2)n1N=Cc1ccc([N+](=O)[O-])o1. The van der Waals surface area contributed by atoms with E-state index in [-0.39, 0.29) is 11.6 Å². The molecule has 0 spiro atoms. The summed E-state index contributed by atoms with van der Waals surface area (Å²) >= 11 is 1.38. The predicted octanol–water partition coefficient (Wildman–Crippen LogP) is 3.71. The normalized spacial score (nSPS) is 11.6. The minimum absolute atomic E-state index is 0.232. The van der Waals surface area contributed by atoms with Crippen LogP contribution in [0.3, 0.4) is 0 Å². The van der Waals surface area contributed by atoms with Crippen molar-refractivity contribution in [1.82, 2.24) is 4.68 Å². The van der Waals surface area contributed by atoms with Crippen LogP contribution in [0.4, 0.5) is 5.88 Å². The molecule has 0 aliphatic carbocycles. The number of nitrogens with zero attached hydrogens (tertiary/aromatic N) is 4. The summed E-state index contributed by atoms with van der Waals surface area (Å²) in [5.41, 5.74) is 1.44. The van der Waals surface area contributed by atoms with Gasteiger partial charge >= 0.3 is 5.88 Å². The molecule has 0 radical (unpaired) electrons. The monoisotopic (exact) mass is 444 g/mol. The predicted molar refractivity (Wildman–Crippen MR) is 116 cm³/mol. The van der Waals surface area contributed by atoms with Gasteiger partial charge in [0.1, 0.15) is 4.92 Å². The van der Waals surface area contributed by atoms with Gasteiger partial charge in [0, 0.05) is 10.9 Å². The highest BCUT2D eigenvalue weighted by atomic mass is 32.1. The van der Waals surface area contributed by atoms with Gasteiger partial charge in [-0.25, -0.2) is 4.68 Å². The Morgan fingerprint density at radius 3 is 2.48 bits per heavy atom. The van der Waals surface area contributed by atoms with Crippen LogP contribution in [0.5, 0.6) is 17.2 Å². The standard InChI is InChI=1S/C20H20N4O6S/c1-5-8-21-20-23(22-11-14-6-7-18(30-14)24(25)26)15(12-31-20)13-9-16(27-2)19(29-4)17(10-13)28-3/h5-7,9-12H,1,8H2,2-4H3. The molecule has 0 aliphatic heterocycles. The van der Waals surface area contributed by atoms with Crippen LogP contribution in [0.1, 0.15) is 5.76 Å². The number of rotatable bonds is 9. The molecule has 0 atom stereocenters. The Morgan fingerprint density at radius 1 is 1.23 bits per heavy atom. The van der Waals surface area contributed by atoms with Gasteiger partial charge in [-0.05, 0) is 18.2 Å². The van der Waals surface area contributed by atoms with E-state index >= 15 is 0 Å². The third kappa shape index (κ3) is 4.67. The molecular formula is C20H20N4O6S. The maximum absolute atomic E-state index is 10.8. The Balaban J connectivity index is 2.13. The van der Waals surface area contributed by atoms with Crippen molar-refractivity contribution < 1.29 is 23.6 Å². The largest absolute Gasteiger partial charge is 0.493 e. The molecule has 0 N–H and O–H groups in total. The first-order valence-electron chi connectivity index (χ1n) is 8.93. The van der Waals surface area contributed by atoms with E-state index < -0.39 is 4.92 Å². The molecule has 3 aromatic rings. The smallest absolute Gasteiger partial charge is 0.433 e. The van der Waals surface area contributed by atoms with Crippen LogP contribution in [0, 0.1) is 10.1 Å². The van der Waals surface area contributed by atoms with Gasteiger partial charge < -0.3 is 18.6 Å². The lowest BCUT2D eigenvalue weighted by Crippen LogP contribution is -2.12. The van der Waals surface area contributed by atoms with Crippen molar-refractivity contribution in [3.05, 3.63) is 63.0 Å². The zero-order chi connectivity index (χ0) is 22.4. The molecule has 0 fully saturated rings. The number of nitro groups is 1. The summed E-state index contributed by atoms with van der Waals surface area (Å²) in [6.07, 6.45) is 3.05. The lowest BCUT2D eigenvalue weighted by Gasteiger charge is -2.14. The number of hydrogen-bond acceptors (Lipinski definition) is 9. The molecule has 10 nitrogen and oxygen atoms in total. The third-order valence-corrected chi connectivity index (χ3v) is 4.95. The molecule has 3 rings (SSSR count). The molecule has 0 amide bonds. The number of ether oxygens (including phenoxy) is 3. The first kappa shape index (κ1) is 21.8. The van der Waals surface area contributed by atoms with E-state index in [1.54, 1.807) is 22.9 Å². The zero-order valence-electron chi connectivity index (χ0n) is 17.1. The lowest BCUT2D eigenvalue weighted by atomic mass is 10.1. The summed E-state index contributed by atoms with van der Waals surface area (Å²) in [6, 6.07) is 6.33. The average Bonchev–Trinajstić information content (AvgIpc) is 3.42. The van der Waals surface area contributed by atoms with Crippen molar-refractivity contribution in [3.8, 4) is 28.5 Å².